The standard InChI is InChI=1S/C15H14ClN5O2/c1-10(20-4-3-12(16)6-15(20)22)21-9-14(18-19-21)11-5-13(23-2)8-17-7-11/h3-10H,1-2H3. The van der Waals surface area contributed by atoms with E-state index >= 15 is 0 Å². The zero-order valence-corrected chi connectivity index (χ0v) is 13.3. The smallest absolute Gasteiger partial charge is 0.253 e. The molecule has 0 aliphatic rings. The Labute approximate surface area is 137 Å². The number of methoxy groups -OCH3 is 1. The summed E-state index contributed by atoms with van der Waals surface area (Å²) in [5.74, 6) is 0.638. The van der Waals surface area contributed by atoms with Crippen LogP contribution in [-0.2, 0) is 0 Å². The van der Waals surface area contributed by atoms with Crippen molar-refractivity contribution in [3.8, 4) is 17.0 Å². The molecule has 8 heteroatoms. The van der Waals surface area contributed by atoms with Crippen molar-refractivity contribution in [2.75, 3.05) is 7.11 Å². The molecule has 118 valence electrons. The van der Waals surface area contributed by atoms with Crippen LogP contribution in [0, 0.1) is 0 Å². The van der Waals surface area contributed by atoms with Gasteiger partial charge in [0.15, 0.2) is 0 Å². The van der Waals surface area contributed by atoms with Gasteiger partial charge in [-0.15, -0.1) is 5.10 Å². The molecule has 3 rings (SSSR count). The Kier molecular flexibility index (Phi) is 4.12. The van der Waals surface area contributed by atoms with E-state index in [9.17, 15) is 4.79 Å². The van der Waals surface area contributed by atoms with Gasteiger partial charge in [-0.1, -0.05) is 16.8 Å². The quantitative estimate of drug-likeness (QED) is 0.733. The van der Waals surface area contributed by atoms with Gasteiger partial charge in [-0.2, -0.15) is 0 Å². The molecular weight excluding hydrogens is 318 g/mol. The minimum Gasteiger partial charge on any atom is -0.495 e. The van der Waals surface area contributed by atoms with Crippen molar-refractivity contribution in [1.29, 1.82) is 0 Å². The number of pyridine rings is 2. The molecule has 3 heterocycles. The van der Waals surface area contributed by atoms with E-state index in [2.05, 4.69) is 15.3 Å². The second-order valence-electron chi connectivity index (χ2n) is 4.92. The first kappa shape index (κ1) is 15.2. The third-order valence-electron chi connectivity index (χ3n) is 3.45. The molecule has 0 amide bonds. The van der Waals surface area contributed by atoms with Gasteiger partial charge in [-0.05, 0) is 19.1 Å². The van der Waals surface area contributed by atoms with Crippen molar-refractivity contribution in [2.24, 2.45) is 0 Å². The lowest BCUT2D eigenvalue weighted by Crippen LogP contribution is -2.26. The second-order valence-corrected chi connectivity index (χ2v) is 5.36. The fourth-order valence-corrected chi connectivity index (χ4v) is 2.31. The van der Waals surface area contributed by atoms with Crippen molar-refractivity contribution in [1.82, 2.24) is 24.5 Å². The molecule has 0 radical (unpaired) electrons. The molecule has 0 saturated carbocycles. The van der Waals surface area contributed by atoms with Crippen LogP contribution in [0.2, 0.25) is 5.02 Å². The minimum absolute atomic E-state index is 0.204. The molecule has 0 fully saturated rings. The lowest BCUT2D eigenvalue weighted by atomic mass is 10.2. The maximum absolute atomic E-state index is 12.0. The number of hydrogen-bond acceptors (Lipinski definition) is 5. The van der Waals surface area contributed by atoms with Crippen LogP contribution in [0.25, 0.3) is 11.3 Å². The van der Waals surface area contributed by atoms with Crippen LogP contribution in [0.3, 0.4) is 0 Å². The summed E-state index contributed by atoms with van der Waals surface area (Å²) < 4.78 is 8.27. The van der Waals surface area contributed by atoms with Crippen molar-refractivity contribution in [3.63, 3.8) is 0 Å². The molecule has 3 aromatic rings. The van der Waals surface area contributed by atoms with Crippen molar-refractivity contribution < 1.29 is 4.74 Å². The first-order chi connectivity index (χ1) is 11.1. The Morgan fingerprint density at radius 2 is 2.13 bits per heavy atom. The van der Waals surface area contributed by atoms with Crippen LogP contribution < -0.4 is 10.3 Å². The highest BCUT2D eigenvalue weighted by molar-refractivity contribution is 6.30. The van der Waals surface area contributed by atoms with Crippen LogP contribution in [0.4, 0.5) is 0 Å². The van der Waals surface area contributed by atoms with E-state index in [4.69, 9.17) is 16.3 Å². The maximum atomic E-state index is 12.0. The van der Waals surface area contributed by atoms with Crippen LogP contribution in [-0.4, -0.2) is 31.7 Å². The first-order valence-electron chi connectivity index (χ1n) is 6.87. The van der Waals surface area contributed by atoms with Gasteiger partial charge >= 0.3 is 0 Å². The fourth-order valence-electron chi connectivity index (χ4n) is 2.16. The van der Waals surface area contributed by atoms with Gasteiger partial charge in [0.05, 0.1) is 19.5 Å². The zero-order valence-electron chi connectivity index (χ0n) is 12.5. The van der Waals surface area contributed by atoms with Gasteiger partial charge in [-0.25, -0.2) is 4.68 Å². The van der Waals surface area contributed by atoms with E-state index in [0.29, 0.717) is 16.5 Å². The number of aromatic nitrogens is 5. The summed E-state index contributed by atoms with van der Waals surface area (Å²) in [5.41, 5.74) is 1.22. The molecule has 7 nitrogen and oxygen atoms in total. The zero-order chi connectivity index (χ0) is 16.4. The van der Waals surface area contributed by atoms with Gasteiger partial charge in [-0.3, -0.25) is 14.3 Å². The van der Waals surface area contributed by atoms with Gasteiger partial charge in [0.1, 0.15) is 17.6 Å². The van der Waals surface area contributed by atoms with Gasteiger partial charge in [0.2, 0.25) is 0 Å². The molecule has 0 spiro atoms. The lowest BCUT2D eigenvalue weighted by Gasteiger charge is -2.14. The minimum atomic E-state index is -0.334. The predicted octanol–water partition coefficient (Wildman–Crippen LogP) is 2.23. The van der Waals surface area contributed by atoms with Crippen LogP contribution in [0.15, 0.2) is 47.8 Å². The summed E-state index contributed by atoms with van der Waals surface area (Å²) in [4.78, 5) is 16.1. The van der Waals surface area contributed by atoms with Crippen molar-refractivity contribution in [2.45, 2.75) is 13.1 Å². The molecule has 0 aromatic carbocycles. The highest BCUT2D eigenvalue weighted by atomic mass is 35.5. The summed E-state index contributed by atoms with van der Waals surface area (Å²) in [7, 11) is 1.58. The molecule has 1 atom stereocenters. The summed E-state index contributed by atoms with van der Waals surface area (Å²) in [6.07, 6.45) is 6.34. The molecule has 3 aromatic heterocycles. The van der Waals surface area contributed by atoms with Gasteiger partial charge < -0.3 is 4.74 Å². The third kappa shape index (κ3) is 3.09. The third-order valence-corrected chi connectivity index (χ3v) is 3.69. The van der Waals surface area contributed by atoms with E-state index in [1.54, 1.807) is 42.6 Å². The Hall–Kier alpha value is -2.67. The van der Waals surface area contributed by atoms with Crippen LogP contribution in [0.5, 0.6) is 5.75 Å². The highest BCUT2D eigenvalue weighted by Crippen LogP contribution is 2.21. The van der Waals surface area contributed by atoms with E-state index in [1.165, 1.54) is 10.6 Å². The molecule has 0 aliphatic heterocycles. The number of nitrogens with zero attached hydrogens (tertiary/aromatic N) is 5. The number of ether oxygens (including phenoxy) is 1. The molecular formula is C15H14ClN5O2. The topological polar surface area (TPSA) is 74.8 Å². The molecule has 0 saturated heterocycles. The summed E-state index contributed by atoms with van der Waals surface area (Å²) in [5, 5.41) is 8.63. The monoisotopic (exact) mass is 331 g/mol. The van der Waals surface area contributed by atoms with E-state index < -0.39 is 0 Å². The summed E-state index contributed by atoms with van der Waals surface area (Å²) in [6, 6.07) is 4.84. The Morgan fingerprint density at radius 3 is 2.87 bits per heavy atom. The molecule has 1 unspecified atom stereocenters. The average Bonchev–Trinajstić information content (AvgIpc) is 3.04. The van der Waals surface area contributed by atoms with Gasteiger partial charge in [0.25, 0.3) is 5.56 Å². The fraction of sp³-hybridized carbons (Fsp3) is 0.200. The van der Waals surface area contributed by atoms with Crippen LogP contribution in [0.1, 0.15) is 13.1 Å². The molecule has 0 bridgehead atoms. The molecule has 23 heavy (non-hydrogen) atoms. The second kappa shape index (κ2) is 6.21. The van der Waals surface area contributed by atoms with E-state index in [1.807, 2.05) is 13.0 Å². The number of halogens is 1. The maximum Gasteiger partial charge on any atom is 0.253 e. The summed E-state index contributed by atoms with van der Waals surface area (Å²) >= 11 is 5.81. The predicted molar refractivity (Wildman–Crippen MR) is 85.6 cm³/mol. The number of rotatable bonds is 4. The lowest BCUT2D eigenvalue weighted by molar-refractivity contribution is 0.405. The average molecular weight is 332 g/mol. The Balaban J connectivity index is 1.93. The SMILES string of the molecule is COc1cncc(-c2cn(C(C)n3ccc(Cl)cc3=O)nn2)c1. The largest absolute Gasteiger partial charge is 0.495 e. The van der Waals surface area contributed by atoms with Gasteiger partial charge in [0, 0.05) is 29.0 Å². The van der Waals surface area contributed by atoms with Crippen LogP contribution >= 0.6 is 11.6 Å². The highest BCUT2D eigenvalue weighted by Gasteiger charge is 2.13. The number of hydrogen-bond donors (Lipinski definition) is 0. The Morgan fingerprint density at radius 1 is 1.30 bits per heavy atom. The molecule has 0 aliphatic carbocycles. The summed E-state index contributed by atoms with van der Waals surface area (Å²) in [6.45, 7) is 1.84. The molecule has 0 N–H and O–H groups in total. The first-order valence-corrected chi connectivity index (χ1v) is 7.25. The van der Waals surface area contributed by atoms with E-state index in [-0.39, 0.29) is 11.7 Å². The van der Waals surface area contributed by atoms with Crippen molar-refractivity contribution >= 4 is 11.6 Å². The van der Waals surface area contributed by atoms with E-state index in [0.717, 1.165) is 5.56 Å². The normalized spacial score (nSPS) is 12.1. The van der Waals surface area contributed by atoms with Crippen molar-refractivity contribution in [3.05, 3.63) is 58.4 Å². The Bertz CT molecular complexity index is 889.